The Labute approximate surface area is 110 Å². The van der Waals surface area contributed by atoms with Crippen molar-refractivity contribution < 1.29 is 9.53 Å². The number of anilines is 1. The lowest BCUT2D eigenvalue weighted by atomic mass is 9.87. The van der Waals surface area contributed by atoms with Gasteiger partial charge in [0, 0.05) is 13.0 Å². The fourth-order valence-corrected chi connectivity index (χ4v) is 1.69. The van der Waals surface area contributed by atoms with Crippen molar-refractivity contribution in [1.82, 2.24) is 0 Å². The maximum atomic E-state index is 10.9. The Morgan fingerprint density at radius 1 is 1.33 bits per heavy atom. The van der Waals surface area contributed by atoms with E-state index in [4.69, 9.17) is 4.74 Å². The van der Waals surface area contributed by atoms with Crippen molar-refractivity contribution in [2.24, 2.45) is 0 Å². The molecule has 0 saturated heterocycles. The van der Waals surface area contributed by atoms with Gasteiger partial charge in [0.05, 0.1) is 12.8 Å². The number of hydrogen-bond acceptors (Lipinski definition) is 3. The molecule has 0 unspecified atom stereocenters. The van der Waals surface area contributed by atoms with Crippen molar-refractivity contribution in [3.8, 4) is 5.75 Å². The molecule has 1 aromatic carbocycles. The molecule has 0 heterocycles. The average Bonchev–Trinajstić information content (AvgIpc) is 2.27. The molecular formula is C15H23NO2. The lowest BCUT2D eigenvalue weighted by Crippen LogP contribution is -2.13. The second-order valence-corrected chi connectivity index (χ2v) is 5.54. The van der Waals surface area contributed by atoms with Crippen LogP contribution in [-0.4, -0.2) is 19.4 Å². The van der Waals surface area contributed by atoms with Gasteiger partial charge in [-0.3, -0.25) is 4.79 Å². The first-order valence-corrected chi connectivity index (χ1v) is 6.26. The molecule has 0 spiro atoms. The average molecular weight is 249 g/mol. The maximum absolute atomic E-state index is 10.9. The Morgan fingerprint density at radius 2 is 2.00 bits per heavy atom. The highest BCUT2D eigenvalue weighted by atomic mass is 16.5. The summed E-state index contributed by atoms with van der Waals surface area (Å²) in [7, 11) is 1.66. The number of carbonyl (C=O) groups excluding carboxylic acids is 1. The predicted octanol–water partition coefficient (Wildman–Crippen LogP) is 3.38. The first-order valence-electron chi connectivity index (χ1n) is 6.26. The molecule has 0 bridgehead atoms. The van der Waals surface area contributed by atoms with Crippen LogP contribution in [0.5, 0.6) is 5.75 Å². The first-order chi connectivity index (χ1) is 8.34. The first kappa shape index (κ1) is 14.6. The molecule has 0 aliphatic carbocycles. The topological polar surface area (TPSA) is 38.3 Å². The van der Waals surface area contributed by atoms with E-state index >= 15 is 0 Å². The van der Waals surface area contributed by atoms with E-state index in [0.717, 1.165) is 11.4 Å². The van der Waals surface area contributed by atoms with Gasteiger partial charge in [-0.25, -0.2) is 0 Å². The van der Waals surface area contributed by atoms with E-state index in [0.29, 0.717) is 13.0 Å². The summed E-state index contributed by atoms with van der Waals surface area (Å²) in [5.41, 5.74) is 2.29. The zero-order valence-electron chi connectivity index (χ0n) is 12.0. The number of hydrogen-bond donors (Lipinski definition) is 1. The highest BCUT2D eigenvalue weighted by Gasteiger charge is 2.15. The quantitative estimate of drug-likeness (QED) is 0.869. The molecule has 0 aliphatic rings. The minimum Gasteiger partial charge on any atom is -0.495 e. The summed E-state index contributed by atoms with van der Waals surface area (Å²) >= 11 is 0. The summed E-state index contributed by atoms with van der Waals surface area (Å²) < 4.78 is 5.32. The van der Waals surface area contributed by atoms with Crippen LogP contribution in [0.15, 0.2) is 18.2 Å². The van der Waals surface area contributed by atoms with Gasteiger partial charge in [-0.15, -0.1) is 0 Å². The lowest BCUT2D eigenvalue weighted by molar-refractivity contribution is -0.116. The molecule has 0 saturated carbocycles. The van der Waals surface area contributed by atoms with Crippen LogP contribution in [0.3, 0.4) is 0 Å². The molecule has 1 N–H and O–H groups in total. The van der Waals surface area contributed by atoms with E-state index < -0.39 is 0 Å². The van der Waals surface area contributed by atoms with Crippen molar-refractivity contribution in [3.05, 3.63) is 23.8 Å². The van der Waals surface area contributed by atoms with E-state index in [1.807, 2.05) is 6.07 Å². The second kappa shape index (κ2) is 5.89. The van der Waals surface area contributed by atoms with Gasteiger partial charge < -0.3 is 10.1 Å². The van der Waals surface area contributed by atoms with Crippen molar-refractivity contribution in [2.75, 3.05) is 19.0 Å². The summed E-state index contributed by atoms with van der Waals surface area (Å²) in [5.74, 6) is 1.000. The zero-order valence-corrected chi connectivity index (χ0v) is 12.0. The Bertz CT molecular complexity index is 419. The van der Waals surface area contributed by atoms with Gasteiger partial charge in [-0.05, 0) is 30.0 Å². The fourth-order valence-electron chi connectivity index (χ4n) is 1.69. The third kappa shape index (κ3) is 4.06. The molecule has 3 heteroatoms. The van der Waals surface area contributed by atoms with Gasteiger partial charge in [-0.2, -0.15) is 0 Å². The SMILES string of the molecule is COc1ccc(C(C)(C)C)cc1NCCC(C)=O. The van der Waals surface area contributed by atoms with Crippen LogP contribution in [0.1, 0.15) is 39.7 Å². The van der Waals surface area contributed by atoms with E-state index in [-0.39, 0.29) is 11.2 Å². The Balaban J connectivity index is 2.89. The third-order valence-corrected chi connectivity index (χ3v) is 2.86. The van der Waals surface area contributed by atoms with Crippen LogP contribution in [0.25, 0.3) is 0 Å². The minimum absolute atomic E-state index is 0.100. The third-order valence-electron chi connectivity index (χ3n) is 2.86. The number of ketones is 1. The standard InChI is InChI=1S/C15H23NO2/c1-11(17)8-9-16-13-10-12(15(2,3)4)6-7-14(13)18-5/h6-7,10,16H,8-9H2,1-5H3. The molecule has 0 radical (unpaired) electrons. The molecule has 100 valence electrons. The molecular weight excluding hydrogens is 226 g/mol. The zero-order chi connectivity index (χ0) is 13.8. The van der Waals surface area contributed by atoms with Gasteiger partial charge >= 0.3 is 0 Å². The van der Waals surface area contributed by atoms with Gasteiger partial charge in [0.25, 0.3) is 0 Å². The Hall–Kier alpha value is -1.51. The fraction of sp³-hybridized carbons (Fsp3) is 0.533. The molecule has 18 heavy (non-hydrogen) atoms. The van der Waals surface area contributed by atoms with Crippen LogP contribution in [-0.2, 0) is 10.2 Å². The summed E-state index contributed by atoms with van der Waals surface area (Å²) in [6.45, 7) is 8.76. The van der Waals surface area contributed by atoms with E-state index in [2.05, 4.69) is 38.2 Å². The largest absolute Gasteiger partial charge is 0.495 e. The number of carbonyl (C=O) groups is 1. The molecule has 0 aromatic heterocycles. The number of methoxy groups -OCH3 is 1. The van der Waals surface area contributed by atoms with E-state index in [1.54, 1.807) is 14.0 Å². The molecule has 3 nitrogen and oxygen atoms in total. The van der Waals surface area contributed by atoms with Crippen molar-refractivity contribution >= 4 is 11.5 Å². The summed E-state index contributed by atoms with van der Waals surface area (Å²) in [6.07, 6.45) is 0.531. The Morgan fingerprint density at radius 3 is 2.50 bits per heavy atom. The molecule has 0 fully saturated rings. The number of rotatable bonds is 5. The summed E-state index contributed by atoms with van der Waals surface area (Å²) in [6, 6.07) is 6.14. The van der Waals surface area contributed by atoms with Crippen LogP contribution in [0.2, 0.25) is 0 Å². The van der Waals surface area contributed by atoms with Gasteiger partial charge in [0.2, 0.25) is 0 Å². The maximum Gasteiger partial charge on any atom is 0.141 e. The number of Topliss-reactive ketones (excluding diaryl/α,β-unsaturated/α-hetero) is 1. The summed E-state index contributed by atoms with van der Waals surface area (Å²) in [4.78, 5) is 10.9. The molecule has 0 aliphatic heterocycles. The van der Waals surface area contributed by atoms with Crippen molar-refractivity contribution in [1.29, 1.82) is 0 Å². The number of ether oxygens (including phenoxy) is 1. The van der Waals surface area contributed by atoms with Crippen LogP contribution in [0, 0.1) is 0 Å². The van der Waals surface area contributed by atoms with Gasteiger partial charge in [-0.1, -0.05) is 26.8 Å². The number of benzene rings is 1. The van der Waals surface area contributed by atoms with E-state index in [9.17, 15) is 4.79 Å². The highest BCUT2D eigenvalue weighted by molar-refractivity contribution is 5.76. The highest BCUT2D eigenvalue weighted by Crippen LogP contribution is 2.31. The van der Waals surface area contributed by atoms with Crippen LogP contribution < -0.4 is 10.1 Å². The molecule has 1 aromatic rings. The summed E-state index contributed by atoms with van der Waals surface area (Å²) in [5, 5.41) is 3.26. The predicted molar refractivity (Wildman–Crippen MR) is 75.5 cm³/mol. The van der Waals surface area contributed by atoms with Crippen LogP contribution >= 0.6 is 0 Å². The smallest absolute Gasteiger partial charge is 0.141 e. The van der Waals surface area contributed by atoms with Crippen molar-refractivity contribution in [3.63, 3.8) is 0 Å². The van der Waals surface area contributed by atoms with Gasteiger partial charge in [0.1, 0.15) is 11.5 Å². The molecule has 1 rings (SSSR count). The molecule has 0 atom stereocenters. The Kier molecular flexibility index (Phi) is 4.76. The molecule has 0 amide bonds. The van der Waals surface area contributed by atoms with Crippen molar-refractivity contribution in [2.45, 2.75) is 39.5 Å². The lowest BCUT2D eigenvalue weighted by Gasteiger charge is -2.21. The number of nitrogens with one attached hydrogen (secondary N) is 1. The normalized spacial score (nSPS) is 11.2. The van der Waals surface area contributed by atoms with E-state index in [1.165, 1.54) is 5.56 Å². The van der Waals surface area contributed by atoms with Gasteiger partial charge in [0.15, 0.2) is 0 Å². The second-order valence-electron chi connectivity index (χ2n) is 5.54. The van der Waals surface area contributed by atoms with Crippen LogP contribution in [0.4, 0.5) is 5.69 Å². The minimum atomic E-state index is 0.100. The monoisotopic (exact) mass is 249 g/mol.